The van der Waals surface area contributed by atoms with Gasteiger partial charge in [0.2, 0.25) is 5.91 Å². The summed E-state index contributed by atoms with van der Waals surface area (Å²) in [7, 11) is 0. The number of morpholine rings is 1. The van der Waals surface area contributed by atoms with Gasteiger partial charge in [-0.3, -0.25) is 19.3 Å². The van der Waals surface area contributed by atoms with Crippen molar-refractivity contribution in [2.45, 2.75) is 18.9 Å². The molecule has 2 aliphatic rings. The Balaban J connectivity index is 1.75. The molecule has 1 aromatic carbocycles. The zero-order valence-electron chi connectivity index (χ0n) is 12.6. The van der Waals surface area contributed by atoms with Crippen molar-refractivity contribution in [2.24, 2.45) is 0 Å². The Bertz CT molecular complexity index is 622. The number of aliphatic carboxylic acids is 1. The Kier molecular flexibility index (Phi) is 4.40. The molecule has 23 heavy (non-hydrogen) atoms. The number of carboxylic acids is 1. The van der Waals surface area contributed by atoms with Gasteiger partial charge in [0.15, 0.2) is 0 Å². The van der Waals surface area contributed by atoms with Crippen LogP contribution in [0, 0.1) is 0 Å². The summed E-state index contributed by atoms with van der Waals surface area (Å²) in [6, 6.07) is 6.08. The number of ether oxygens (including phenoxy) is 1. The Morgan fingerprint density at radius 3 is 2.43 bits per heavy atom. The quantitative estimate of drug-likeness (QED) is 0.802. The first-order chi connectivity index (χ1) is 11.1. The van der Waals surface area contributed by atoms with Crippen LogP contribution < -0.4 is 4.90 Å². The molecule has 122 valence electrons. The van der Waals surface area contributed by atoms with Crippen molar-refractivity contribution in [1.29, 1.82) is 0 Å². The summed E-state index contributed by atoms with van der Waals surface area (Å²) in [5.74, 6) is -1.36. The first-order valence-corrected chi connectivity index (χ1v) is 7.55. The fourth-order valence-electron chi connectivity index (χ4n) is 3.00. The highest BCUT2D eigenvalue weighted by atomic mass is 16.5. The highest BCUT2D eigenvalue weighted by molar-refractivity contribution is 6.22. The van der Waals surface area contributed by atoms with Crippen LogP contribution in [0.1, 0.15) is 12.0 Å². The lowest BCUT2D eigenvalue weighted by Gasteiger charge is -2.30. The van der Waals surface area contributed by atoms with Crippen molar-refractivity contribution >= 4 is 23.5 Å². The second-order valence-corrected chi connectivity index (χ2v) is 5.67. The van der Waals surface area contributed by atoms with Crippen LogP contribution in [0.25, 0.3) is 0 Å². The fraction of sp³-hybridized carbons (Fsp3) is 0.438. The van der Waals surface area contributed by atoms with E-state index in [9.17, 15) is 14.4 Å². The van der Waals surface area contributed by atoms with Crippen molar-refractivity contribution in [3.8, 4) is 0 Å². The molecule has 0 spiro atoms. The largest absolute Gasteiger partial charge is 0.481 e. The molecule has 0 aromatic heterocycles. The highest BCUT2D eigenvalue weighted by Gasteiger charge is 2.42. The SMILES string of the molecule is O=C(O)Cc1ccc(N2C(=O)CC(N3CCOCC3)C2=O)cc1. The molecule has 1 atom stereocenters. The van der Waals surface area contributed by atoms with E-state index < -0.39 is 12.0 Å². The molecular formula is C16H18N2O5. The summed E-state index contributed by atoms with van der Waals surface area (Å²) in [5, 5.41) is 8.78. The van der Waals surface area contributed by atoms with Gasteiger partial charge >= 0.3 is 5.97 Å². The van der Waals surface area contributed by atoms with Crippen molar-refractivity contribution < 1.29 is 24.2 Å². The van der Waals surface area contributed by atoms with Gasteiger partial charge in [0.05, 0.1) is 37.8 Å². The number of carboxylic acid groups (broad SMARTS) is 1. The summed E-state index contributed by atoms with van der Waals surface area (Å²) in [4.78, 5) is 38.7. The molecule has 0 saturated carbocycles. The van der Waals surface area contributed by atoms with Crippen molar-refractivity contribution in [3.05, 3.63) is 29.8 Å². The van der Waals surface area contributed by atoms with Crippen LogP contribution in [0.2, 0.25) is 0 Å². The molecular weight excluding hydrogens is 300 g/mol. The Morgan fingerprint density at radius 1 is 1.17 bits per heavy atom. The minimum atomic E-state index is -0.918. The van der Waals surface area contributed by atoms with Crippen LogP contribution in [0.3, 0.4) is 0 Å². The third-order valence-corrected chi connectivity index (χ3v) is 4.16. The van der Waals surface area contributed by atoms with Crippen molar-refractivity contribution in [3.63, 3.8) is 0 Å². The molecule has 0 bridgehead atoms. The second-order valence-electron chi connectivity index (χ2n) is 5.67. The average molecular weight is 318 g/mol. The smallest absolute Gasteiger partial charge is 0.307 e. The van der Waals surface area contributed by atoms with Crippen LogP contribution in [-0.4, -0.2) is 60.1 Å². The number of anilines is 1. The molecule has 3 rings (SSSR count). The number of hydrogen-bond donors (Lipinski definition) is 1. The number of imide groups is 1. The lowest BCUT2D eigenvalue weighted by molar-refractivity contribution is -0.136. The molecule has 2 heterocycles. The van der Waals surface area contributed by atoms with Gasteiger partial charge in [-0.2, -0.15) is 0 Å². The topological polar surface area (TPSA) is 87.2 Å². The maximum absolute atomic E-state index is 12.6. The Morgan fingerprint density at radius 2 is 1.83 bits per heavy atom. The standard InChI is InChI=1S/C16H18N2O5/c19-14-10-13(17-5-7-23-8-6-17)16(22)18(14)12-3-1-11(2-4-12)9-15(20)21/h1-4,13H,5-10H2,(H,20,21). The lowest BCUT2D eigenvalue weighted by atomic mass is 10.1. The van der Waals surface area contributed by atoms with E-state index in [1.54, 1.807) is 24.3 Å². The molecule has 2 amide bonds. The van der Waals surface area contributed by atoms with Crippen LogP contribution in [0.15, 0.2) is 24.3 Å². The van der Waals surface area contributed by atoms with Gasteiger partial charge in [0, 0.05) is 13.1 Å². The first-order valence-electron chi connectivity index (χ1n) is 7.55. The van der Waals surface area contributed by atoms with Gasteiger partial charge < -0.3 is 9.84 Å². The van der Waals surface area contributed by atoms with Crippen molar-refractivity contribution in [1.82, 2.24) is 4.90 Å². The molecule has 1 aromatic rings. The van der Waals surface area contributed by atoms with E-state index in [-0.39, 0.29) is 24.7 Å². The fourth-order valence-corrected chi connectivity index (χ4v) is 3.00. The highest BCUT2D eigenvalue weighted by Crippen LogP contribution is 2.26. The zero-order valence-corrected chi connectivity index (χ0v) is 12.6. The van der Waals surface area contributed by atoms with E-state index in [1.165, 1.54) is 4.90 Å². The number of nitrogens with zero attached hydrogens (tertiary/aromatic N) is 2. The predicted octanol–water partition coefficient (Wildman–Crippen LogP) is 0.278. The second kappa shape index (κ2) is 6.47. The van der Waals surface area contributed by atoms with Crippen molar-refractivity contribution in [2.75, 3.05) is 31.2 Å². The van der Waals surface area contributed by atoms with E-state index in [4.69, 9.17) is 9.84 Å². The van der Waals surface area contributed by atoms with E-state index in [0.717, 1.165) is 0 Å². The van der Waals surface area contributed by atoms with Crippen LogP contribution in [0.5, 0.6) is 0 Å². The molecule has 7 nitrogen and oxygen atoms in total. The molecule has 1 N–H and O–H groups in total. The molecule has 2 aliphatic heterocycles. The zero-order chi connectivity index (χ0) is 16.4. The van der Waals surface area contributed by atoms with E-state index in [1.807, 2.05) is 4.90 Å². The van der Waals surface area contributed by atoms with Gasteiger partial charge in [-0.25, -0.2) is 4.90 Å². The van der Waals surface area contributed by atoms with Gasteiger partial charge in [-0.05, 0) is 17.7 Å². The maximum atomic E-state index is 12.6. The lowest BCUT2D eigenvalue weighted by Crippen LogP contribution is -2.47. The maximum Gasteiger partial charge on any atom is 0.307 e. The number of carbonyl (C=O) groups excluding carboxylic acids is 2. The third kappa shape index (κ3) is 3.25. The van der Waals surface area contributed by atoms with Crippen LogP contribution in [0.4, 0.5) is 5.69 Å². The molecule has 7 heteroatoms. The van der Waals surface area contributed by atoms with Gasteiger partial charge in [-0.15, -0.1) is 0 Å². The van der Waals surface area contributed by atoms with E-state index in [2.05, 4.69) is 0 Å². The first kappa shape index (κ1) is 15.6. The van der Waals surface area contributed by atoms with Crippen LogP contribution >= 0.6 is 0 Å². The van der Waals surface area contributed by atoms with E-state index >= 15 is 0 Å². The number of benzene rings is 1. The monoisotopic (exact) mass is 318 g/mol. The van der Waals surface area contributed by atoms with E-state index in [0.29, 0.717) is 37.6 Å². The Hall–Kier alpha value is -2.25. The number of amides is 2. The average Bonchev–Trinajstić information content (AvgIpc) is 2.83. The van der Waals surface area contributed by atoms with Crippen LogP contribution in [-0.2, 0) is 25.5 Å². The summed E-state index contributed by atoms with van der Waals surface area (Å²) in [5.41, 5.74) is 1.12. The third-order valence-electron chi connectivity index (χ3n) is 4.16. The summed E-state index contributed by atoms with van der Waals surface area (Å²) in [6.07, 6.45) is 0.0916. The predicted molar refractivity (Wildman–Crippen MR) is 81.1 cm³/mol. The molecule has 1 unspecified atom stereocenters. The van der Waals surface area contributed by atoms with Gasteiger partial charge in [0.1, 0.15) is 0 Å². The minimum Gasteiger partial charge on any atom is -0.481 e. The summed E-state index contributed by atoms with van der Waals surface area (Å²) in [6.45, 7) is 2.44. The normalized spacial score (nSPS) is 22.6. The number of carbonyl (C=O) groups is 3. The summed E-state index contributed by atoms with van der Waals surface area (Å²) < 4.78 is 5.28. The molecule has 0 radical (unpaired) electrons. The molecule has 2 saturated heterocycles. The van der Waals surface area contributed by atoms with Gasteiger partial charge in [0.25, 0.3) is 5.91 Å². The molecule has 2 fully saturated rings. The van der Waals surface area contributed by atoms with Gasteiger partial charge in [-0.1, -0.05) is 12.1 Å². The summed E-state index contributed by atoms with van der Waals surface area (Å²) >= 11 is 0. The molecule has 0 aliphatic carbocycles. The number of rotatable bonds is 4. The number of hydrogen-bond acceptors (Lipinski definition) is 5. The Labute approximate surface area is 133 Å². The minimum absolute atomic E-state index is 0.0847.